The number of halogens is 3. The monoisotopic (exact) mass is 357 g/mol. The number of methoxy groups -OCH3 is 1. The predicted octanol–water partition coefficient (Wildman–Crippen LogP) is 4.66. The zero-order valence-corrected chi connectivity index (χ0v) is 14.6. The number of hydrogen-bond donors (Lipinski definition) is 0. The maximum Gasteiger partial charge on any atom is 0.434 e. The van der Waals surface area contributed by atoms with Gasteiger partial charge in [-0.25, -0.2) is 4.21 Å². The van der Waals surface area contributed by atoms with Gasteiger partial charge >= 0.3 is 6.18 Å². The van der Waals surface area contributed by atoms with Crippen molar-refractivity contribution in [3.8, 4) is 5.75 Å². The van der Waals surface area contributed by atoms with Crippen LogP contribution in [0.4, 0.5) is 13.2 Å². The van der Waals surface area contributed by atoms with Gasteiger partial charge in [0.2, 0.25) is 0 Å². The Morgan fingerprint density at radius 2 is 1.71 bits per heavy atom. The van der Waals surface area contributed by atoms with E-state index in [9.17, 15) is 17.4 Å². The maximum absolute atomic E-state index is 13.7. The van der Waals surface area contributed by atoms with Gasteiger partial charge in [0.25, 0.3) is 0 Å². The van der Waals surface area contributed by atoms with Gasteiger partial charge in [-0.05, 0) is 37.6 Å². The van der Waals surface area contributed by atoms with Crippen LogP contribution in [0.5, 0.6) is 5.75 Å². The van der Waals surface area contributed by atoms with E-state index in [4.69, 9.17) is 4.74 Å². The molecule has 130 valence electrons. The first-order valence-corrected chi connectivity index (χ1v) is 8.30. The van der Waals surface area contributed by atoms with Crippen LogP contribution in [0.25, 0.3) is 10.8 Å². The van der Waals surface area contributed by atoms with E-state index in [0.29, 0.717) is 10.8 Å². The van der Waals surface area contributed by atoms with Crippen molar-refractivity contribution in [3.63, 3.8) is 0 Å². The Bertz CT molecular complexity index is 808. The molecule has 0 fully saturated rings. The van der Waals surface area contributed by atoms with Crippen LogP contribution < -0.4 is 4.74 Å². The van der Waals surface area contributed by atoms with Crippen molar-refractivity contribution in [2.75, 3.05) is 7.11 Å². The summed E-state index contributed by atoms with van der Waals surface area (Å²) in [6.45, 7) is 4.71. The van der Waals surface area contributed by atoms with Gasteiger partial charge in [-0.2, -0.15) is 17.6 Å². The summed E-state index contributed by atoms with van der Waals surface area (Å²) < 4.78 is 61.0. The molecule has 0 radical (unpaired) electrons. The van der Waals surface area contributed by atoms with Crippen molar-refractivity contribution in [3.05, 3.63) is 42.0 Å². The van der Waals surface area contributed by atoms with E-state index in [1.165, 1.54) is 13.2 Å². The first kappa shape index (κ1) is 18.4. The predicted molar refractivity (Wildman–Crippen MR) is 91.0 cm³/mol. The normalized spacial score (nSPS) is 14.7. The third-order valence-corrected chi connectivity index (χ3v) is 4.71. The summed E-state index contributed by atoms with van der Waals surface area (Å²) in [5, 5.41) is 0.964. The smallest absolute Gasteiger partial charge is 0.434 e. The van der Waals surface area contributed by atoms with Crippen molar-refractivity contribution in [1.82, 2.24) is 0 Å². The van der Waals surface area contributed by atoms with Gasteiger partial charge in [0.1, 0.15) is 16.7 Å². The molecule has 0 aliphatic heterocycles. The number of hydrogen-bond acceptors (Lipinski definition) is 2. The summed E-state index contributed by atoms with van der Waals surface area (Å²) in [5.74, 6) is 0.0377. The Kier molecular flexibility index (Phi) is 5.03. The van der Waals surface area contributed by atoms with E-state index in [-0.39, 0.29) is 11.3 Å². The van der Waals surface area contributed by atoms with Crippen molar-refractivity contribution in [2.45, 2.75) is 31.7 Å². The number of rotatable bonds is 3. The van der Waals surface area contributed by atoms with Gasteiger partial charge in [0.05, 0.1) is 17.4 Å². The number of nitrogens with zero attached hydrogens (tertiary/aromatic N) is 1. The quantitative estimate of drug-likeness (QED) is 0.749. The van der Waals surface area contributed by atoms with Gasteiger partial charge in [-0.1, -0.05) is 30.3 Å². The van der Waals surface area contributed by atoms with E-state index >= 15 is 0 Å². The largest absolute Gasteiger partial charge is 0.496 e. The molecular weight excluding hydrogens is 339 g/mol. The highest BCUT2D eigenvalue weighted by Crippen LogP contribution is 2.35. The highest BCUT2D eigenvalue weighted by Gasteiger charge is 2.41. The second-order valence-electron chi connectivity index (χ2n) is 6.16. The SMILES string of the molecule is COc1ccc2ccccc2c1/C(=N/S(=O)C(C)(C)C)C(F)(F)F. The first-order valence-electron chi connectivity index (χ1n) is 7.19. The summed E-state index contributed by atoms with van der Waals surface area (Å²) in [5.41, 5.74) is -1.38. The molecule has 2 aromatic carbocycles. The number of ether oxygens (including phenoxy) is 1. The topological polar surface area (TPSA) is 38.7 Å². The molecule has 0 spiro atoms. The van der Waals surface area contributed by atoms with Crippen LogP contribution in [0.1, 0.15) is 26.3 Å². The van der Waals surface area contributed by atoms with Gasteiger partial charge in [0.15, 0.2) is 5.71 Å². The maximum atomic E-state index is 13.7. The van der Waals surface area contributed by atoms with Crippen molar-refractivity contribution in [1.29, 1.82) is 0 Å². The third-order valence-electron chi connectivity index (χ3n) is 3.31. The molecule has 0 aromatic heterocycles. The lowest BCUT2D eigenvalue weighted by Gasteiger charge is -2.19. The zero-order chi connectivity index (χ0) is 18.1. The lowest BCUT2D eigenvalue weighted by atomic mass is 9.99. The number of fused-ring (bicyclic) bond motifs is 1. The molecule has 0 saturated carbocycles. The Morgan fingerprint density at radius 3 is 2.25 bits per heavy atom. The van der Waals surface area contributed by atoms with Gasteiger partial charge in [-0.3, -0.25) is 0 Å². The number of alkyl halides is 3. The molecular formula is C17H18F3NO2S. The third kappa shape index (κ3) is 3.77. The van der Waals surface area contributed by atoms with E-state index in [1.807, 2.05) is 0 Å². The Morgan fingerprint density at radius 1 is 1.08 bits per heavy atom. The minimum atomic E-state index is -4.77. The molecule has 0 aliphatic carbocycles. The summed E-state index contributed by atoms with van der Waals surface area (Å²) in [6.07, 6.45) is -4.77. The molecule has 0 bridgehead atoms. The standard InChI is InChI=1S/C17H18F3NO2S/c1-16(2,3)24(22)21-15(17(18,19)20)14-12-8-6-5-7-11(12)9-10-13(14)23-4/h5-10H,1-4H3/b21-15-. The summed E-state index contributed by atoms with van der Waals surface area (Å²) in [4.78, 5) is 0. The molecule has 1 atom stereocenters. The van der Waals surface area contributed by atoms with Crippen LogP contribution in [0, 0.1) is 0 Å². The second kappa shape index (κ2) is 6.55. The minimum absolute atomic E-state index is 0.0377. The van der Waals surface area contributed by atoms with Gasteiger partial charge < -0.3 is 4.74 Å². The lowest BCUT2D eigenvalue weighted by Crippen LogP contribution is -2.29. The molecule has 1 unspecified atom stereocenters. The van der Waals surface area contributed by atoms with Crippen LogP contribution in [-0.4, -0.2) is 28.0 Å². The molecule has 3 nitrogen and oxygen atoms in total. The van der Waals surface area contributed by atoms with E-state index in [1.54, 1.807) is 51.1 Å². The van der Waals surface area contributed by atoms with Crippen LogP contribution in [0.2, 0.25) is 0 Å². The molecule has 0 aliphatic rings. The highest BCUT2D eigenvalue weighted by atomic mass is 32.2. The molecule has 0 amide bonds. The fourth-order valence-corrected chi connectivity index (χ4v) is 2.76. The summed E-state index contributed by atoms with van der Waals surface area (Å²) in [7, 11) is -0.761. The lowest BCUT2D eigenvalue weighted by molar-refractivity contribution is -0.0578. The molecule has 0 saturated heterocycles. The molecule has 7 heteroatoms. The summed E-state index contributed by atoms with van der Waals surface area (Å²) in [6, 6.07) is 9.77. The molecule has 0 heterocycles. The Balaban J connectivity index is 2.83. The molecule has 2 aromatic rings. The van der Waals surface area contributed by atoms with Crippen molar-refractivity contribution < 1.29 is 22.1 Å². The minimum Gasteiger partial charge on any atom is -0.496 e. The average molecular weight is 357 g/mol. The molecule has 24 heavy (non-hydrogen) atoms. The molecule has 2 rings (SSSR count). The average Bonchev–Trinajstić information content (AvgIpc) is 2.49. The van der Waals surface area contributed by atoms with Crippen molar-refractivity contribution in [2.24, 2.45) is 4.40 Å². The van der Waals surface area contributed by atoms with E-state index < -0.39 is 27.6 Å². The molecule has 0 N–H and O–H groups in total. The Hall–Kier alpha value is -1.89. The summed E-state index contributed by atoms with van der Waals surface area (Å²) >= 11 is 0. The Labute approximate surface area is 141 Å². The van der Waals surface area contributed by atoms with Crippen LogP contribution in [-0.2, 0) is 11.0 Å². The van der Waals surface area contributed by atoms with Crippen molar-refractivity contribution >= 4 is 27.5 Å². The van der Waals surface area contributed by atoms with Gasteiger partial charge in [-0.15, -0.1) is 0 Å². The fourth-order valence-electron chi connectivity index (χ4n) is 2.12. The number of benzene rings is 2. The van der Waals surface area contributed by atoms with Crippen LogP contribution >= 0.6 is 0 Å². The van der Waals surface area contributed by atoms with E-state index in [0.717, 1.165) is 0 Å². The second-order valence-corrected chi connectivity index (χ2v) is 8.07. The van der Waals surface area contributed by atoms with Crippen LogP contribution in [0.15, 0.2) is 40.8 Å². The van der Waals surface area contributed by atoms with Crippen LogP contribution in [0.3, 0.4) is 0 Å². The first-order chi connectivity index (χ1) is 11.1. The fraction of sp³-hybridized carbons (Fsp3) is 0.353. The zero-order valence-electron chi connectivity index (χ0n) is 13.8. The van der Waals surface area contributed by atoms with E-state index in [2.05, 4.69) is 4.40 Å². The van der Waals surface area contributed by atoms with Gasteiger partial charge in [0, 0.05) is 0 Å². The highest BCUT2D eigenvalue weighted by molar-refractivity contribution is 7.85.